The van der Waals surface area contributed by atoms with Gasteiger partial charge in [-0.15, -0.1) is 0 Å². The molecule has 1 aromatic carbocycles. The standard InChI is InChI=1S/C14H17Cl2N5O/c1-3-6-21-13(17-8-18-21)9(2)19-14(22)20-12-7-10(15)4-5-11(12)16/h4-5,7-9H,3,6H2,1-2H3,(H2,19,20,22)/t9-/m1/s1. The number of urea groups is 1. The highest BCUT2D eigenvalue weighted by Gasteiger charge is 2.16. The summed E-state index contributed by atoms with van der Waals surface area (Å²) >= 11 is 11.9. The number of rotatable bonds is 5. The number of carbonyl (C=O) groups excluding carboxylic acids is 1. The molecule has 0 aliphatic heterocycles. The zero-order chi connectivity index (χ0) is 16.1. The van der Waals surface area contributed by atoms with Gasteiger partial charge in [0.05, 0.1) is 16.8 Å². The van der Waals surface area contributed by atoms with E-state index in [-0.39, 0.29) is 12.1 Å². The second-order valence-corrected chi connectivity index (χ2v) is 5.63. The molecule has 2 amide bonds. The van der Waals surface area contributed by atoms with Gasteiger partial charge in [-0.05, 0) is 31.5 Å². The summed E-state index contributed by atoms with van der Waals surface area (Å²) in [6.07, 6.45) is 2.42. The summed E-state index contributed by atoms with van der Waals surface area (Å²) in [6.45, 7) is 4.65. The van der Waals surface area contributed by atoms with Crippen LogP contribution in [0, 0.1) is 0 Å². The number of halogens is 2. The fourth-order valence-electron chi connectivity index (χ4n) is 2.01. The lowest BCUT2D eigenvalue weighted by molar-refractivity contribution is 0.248. The third-order valence-electron chi connectivity index (χ3n) is 2.99. The van der Waals surface area contributed by atoms with Crippen LogP contribution in [0.2, 0.25) is 10.0 Å². The third-order valence-corrected chi connectivity index (χ3v) is 3.56. The molecule has 0 spiro atoms. The molecule has 2 rings (SSSR count). The van der Waals surface area contributed by atoms with Crippen LogP contribution in [0.4, 0.5) is 10.5 Å². The van der Waals surface area contributed by atoms with E-state index in [0.29, 0.717) is 21.6 Å². The van der Waals surface area contributed by atoms with Gasteiger partial charge in [0, 0.05) is 11.6 Å². The summed E-state index contributed by atoms with van der Waals surface area (Å²) in [6, 6.07) is 4.20. The highest BCUT2D eigenvalue weighted by molar-refractivity contribution is 6.35. The third kappa shape index (κ3) is 4.11. The molecule has 0 saturated heterocycles. The number of benzene rings is 1. The summed E-state index contributed by atoms with van der Waals surface area (Å²) in [5, 5.41) is 10.5. The Morgan fingerprint density at radius 2 is 2.18 bits per heavy atom. The van der Waals surface area contributed by atoms with E-state index in [1.165, 1.54) is 6.33 Å². The zero-order valence-electron chi connectivity index (χ0n) is 12.3. The van der Waals surface area contributed by atoms with Crippen molar-refractivity contribution < 1.29 is 4.79 Å². The molecule has 0 bridgehead atoms. The fourth-order valence-corrected chi connectivity index (χ4v) is 2.34. The molecule has 2 N–H and O–H groups in total. The van der Waals surface area contributed by atoms with Gasteiger partial charge < -0.3 is 10.6 Å². The van der Waals surface area contributed by atoms with Gasteiger partial charge in [-0.2, -0.15) is 5.10 Å². The molecule has 118 valence electrons. The number of amides is 2. The molecule has 0 aliphatic carbocycles. The predicted octanol–water partition coefficient (Wildman–Crippen LogP) is 3.88. The van der Waals surface area contributed by atoms with Gasteiger partial charge in [-0.25, -0.2) is 14.5 Å². The van der Waals surface area contributed by atoms with Gasteiger partial charge in [0.25, 0.3) is 0 Å². The van der Waals surface area contributed by atoms with Crippen molar-refractivity contribution in [1.29, 1.82) is 0 Å². The van der Waals surface area contributed by atoms with E-state index in [2.05, 4.69) is 27.6 Å². The summed E-state index contributed by atoms with van der Waals surface area (Å²) in [4.78, 5) is 16.3. The zero-order valence-corrected chi connectivity index (χ0v) is 13.8. The second-order valence-electron chi connectivity index (χ2n) is 4.79. The van der Waals surface area contributed by atoms with Crippen molar-refractivity contribution >= 4 is 34.9 Å². The first-order valence-corrected chi connectivity index (χ1v) is 7.67. The van der Waals surface area contributed by atoms with E-state index in [0.717, 1.165) is 13.0 Å². The van der Waals surface area contributed by atoms with Crippen molar-refractivity contribution in [2.24, 2.45) is 0 Å². The van der Waals surface area contributed by atoms with E-state index in [9.17, 15) is 4.79 Å². The Balaban J connectivity index is 2.02. The Bertz CT molecular complexity index is 658. The maximum atomic E-state index is 12.1. The Morgan fingerprint density at radius 1 is 1.41 bits per heavy atom. The molecule has 0 saturated carbocycles. The Kier molecular flexibility index (Phi) is 5.63. The molecule has 0 unspecified atom stereocenters. The van der Waals surface area contributed by atoms with E-state index in [1.807, 2.05) is 6.92 Å². The van der Waals surface area contributed by atoms with Crippen molar-refractivity contribution in [2.45, 2.75) is 32.9 Å². The number of nitrogens with one attached hydrogen (secondary N) is 2. The normalized spacial score (nSPS) is 12.0. The van der Waals surface area contributed by atoms with Crippen LogP contribution < -0.4 is 10.6 Å². The minimum atomic E-state index is -0.386. The molecule has 0 fully saturated rings. The average Bonchev–Trinajstić information content (AvgIpc) is 2.91. The largest absolute Gasteiger partial charge is 0.328 e. The fraction of sp³-hybridized carbons (Fsp3) is 0.357. The monoisotopic (exact) mass is 341 g/mol. The lowest BCUT2D eigenvalue weighted by Gasteiger charge is -2.15. The summed E-state index contributed by atoms with van der Waals surface area (Å²) < 4.78 is 1.78. The van der Waals surface area contributed by atoms with Crippen molar-refractivity contribution in [3.8, 4) is 0 Å². The minimum Gasteiger partial charge on any atom is -0.328 e. The molecule has 0 aliphatic rings. The van der Waals surface area contributed by atoms with Crippen molar-refractivity contribution in [1.82, 2.24) is 20.1 Å². The highest BCUT2D eigenvalue weighted by atomic mass is 35.5. The van der Waals surface area contributed by atoms with E-state index in [4.69, 9.17) is 23.2 Å². The lowest BCUT2D eigenvalue weighted by atomic mass is 10.3. The van der Waals surface area contributed by atoms with Crippen LogP contribution in [0.15, 0.2) is 24.5 Å². The van der Waals surface area contributed by atoms with Gasteiger partial charge in [-0.1, -0.05) is 30.1 Å². The Morgan fingerprint density at radius 3 is 2.91 bits per heavy atom. The highest BCUT2D eigenvalue weighted by Crippen LogP contribution is 2.25. The number of hydrogen-bond donors (Lipinski definition) is 2. The molecule has 8 heteroatoms. The first-order valence-electron chi connectivity index (χ1n) is 6.91. The van der Waals surface area contributed by atoms with Crippen molar-refractivity contribution in [3.05, 3.63) is 40.4 Å². The first-order chi connectivity index (χ1) is 10.5. The van der Waals surface area contributed by atoms with Gasteiger partial charge in [0.2, 0.25) is 0 Å². The number of aryl methyl sites for hydroxylation is 1. The maximum absolute atomic E-state index is 12.1. The van der Waals surface area contributed by atoms with E-state index < -0.39 is 0 Å². The number of aromatic nitrogens is 3. The first kappa shape index (κ1) is 16.6. The van der Waals surface area contributed by atoms with Gasteiger partial charge >= 0.3 is 6.03 Å². The topological polar surface area (TPSA) is 71.8 Å². The summed E-state index contributed by atoms with van der Waals surface area (Å²) in [5.74, 6) is 0.703. The van der Waals surface area contributed by atoms with Crippen LogP contribution in [0.3, 0.4) is 0 Å². The molecule has 1 aromatic heterocycles. The molecular weight excluding hydrogens is 325 g/mol. The minimum absolute atomic E-state index is 0.285. The summed E-state index contributed by atoms with van der Waals surface area (Å²) in [7, 11) is 0. The second kappa shape index (κ2) is 7.47. The Labute approximate surface area is 138 Å². The summed E-state index contributed by atoms with van der Waals surface area (Å²) in [5.41, 5.74) is 0.453. The van der Waals surface area contributed by atoms with Crippen molar-refractivity contribution in [2.75, 3.05) is 5.32 Å². The van der Waals surface area contributed by atoms with Crippen LogP contribution in [0.1, 0.15) is 32.1 Å². The lowest BCUT2D eigenvalue weighted by Crippen LogP contribution is -2.32. The average molecular weight is 342 g/mol. The molecule has 6 nitrogen and oxygen atoms in total. The smallest absolute Gasteiger partial charge is 0.319 e. The van der Waals surface area contributed by atoms with Crippen LogP contribution in [0.25, 0.3) is 0 Å². The van der Waals surface area contributed by atoms with Gasteiger partial charge in [0.1, 0.15) is 12.2 Å². The van der Waals surface area contributed by atoms with E-state index >= 15 is 0 Å². The van der Waals surface area contributed by atoms with Gasteiger partial charge in [-0.3, -0.25) is 0 Å². The predicted molar refractivity (Wildman–Crippen MR) is 87.3 cm³/mol. The number of hydrogen-bond acceptors (Lipinski definition) is 3. The molecule has 1 heterocycles. The molecular formula is C14H17Cl2N5O. The number of nitrogens with zero attached hydrogens (tertiary/aromatic N) is 3. The molecule has 2 aromatic rings. The van der Waals surface area contributed by atoms with Crippen LogP contribution >= 0.6 is 23.2 Å². The molecule has 1 atom stereocenters. The van der Waals surface area contributed by atoms with Crippen LogP contribution in [0.5, 0.6) is 0 Å². The number of carbonyl (C=O) groups is 1. The Hall–Kier alpha value is -1.79. The van der Waals surface area contributed by atoms with Crippen molar-refractivity contribution in [3.63, 3.8) is 0 Å². The van der Waals surface area contributed by atoms with Gasteiger partial charge in [0.15, 0.2) is 0 Å². The number of anilines is 1. The van der Waals surface area contributed by atoms with E-state index in [1.54, 1.807) is 22.9 Å². The van der Waals surface area contributed by atoms with Crippen LogP contribution in [-0.4, -0.2) is 20.8 Å². The molecule has 0 radical (unpaired) electrons. The SMILES string of the molecule is CCCn1ncnc1[C@@H](C)NC(=O)Nc1cc(Cl)ccc1Cl. The van der Waals surface area contributed by atoms with Crippen LogP contribution in [-0.2, 0) is 6.54 Å². The maximum Gasteiger partial charge on any atom is 0.319 e. The quantitative estimate of drug-likeness (QED) is 0.866. The molecule has 22 heavy (non-hydrogen) atoms.